The first-order chi connectivity index (χ1) is 15.3. The fourth-order valence-electron chi connectivity index (χ4n) is 3.09. The number of alkyl halides is 1. The van der Waals surface area contributed by atoms with Crippen molar-refractivity contribution in [3.05, 3.63) is 76.0 Å². The second-order valence-corrected chi connectivity index (χ2v) is 8.90. The van der Waals surface area contributed by atoms with Crippen molar-refractivity contribution in [1.82, 2.24) is 4.98 Å². The smallest absolute Gasteiger partial charge is 0.270 e. The minimum absolute atomic E-state index is 0.0572. The molecule has 0 radical (unpaired) electrons. The first-order valence-corrected chi connectivity index (χ1v) is 11.6. The molecule has 3 rings (SSSR count). The lowest BCUT2D eigenvalue weighted by Crippen LogP contribution is -2.19. The summed E-state index contributed by atoms with van der Waals surface area (Å²) in [6.45, 7) is 4.66. The second kappa shape index (κ2) is 10.2. The number of halogens is 2. The minimum Gasteiger partial charge on any atom is -0.490 e. The van der Waals surface area contributed by atoms with E-state index in [4.69, 9.17) is 31.2 Å². The van der Waals surface area contributed by atoms with Gasteiger partial charge in [-0.15, -0.1) is 0 Å². The number of benzene rings is 2. The van der Waals surface area contributed by atoms with Gasteiger partial charge in [-0.25, -0.2) is 4.98 Å². The molecule has 0 atom stereocenters. The zero-order valence-electron chi connectivity index (χ0n) is 17.5. The largest absolute Gasteiger partial charge is 0.490 e. The van der Waals surface area contributed by atoms with E-state index < -0.39 is 11.3 Å². The maximum atomic E-state index is 11.1. The number of hydrogen-bond donors (Lipinski definition) is 1. The summed E-state index contributed by atoms with van der Waals surface area (Å²) < 4.78 is 17.3. The summed E-state index contributed by atoms with van der Waals surface area (Å²) in [5, 5.41) is 9.99. The summed E-state index contributed by atoms with van der Waals surface area (Å²) in [6, 6.07) is 13.4. The van der Waals surface area contributed by atoms with Crippen molar-refractivity contribution in [2.75, 3.05) is 11.0 Å². The summed E-state index contributed by atoms with van der Waals surface area (Å²) >= 11 is 8.65. The molecule has 0 bridgehead atoms. The zero-order valence-corrected chi connectivity index (χ0v) is 20.4. The fraction of sp³-hybridized carbons (Fsp3) is 0.261. The predicted molar refractivity (Wildman–Crippen MR) is 128 cm³/mol. The molecule has 166 valence electrons. The molecule has 0 fully saturated rings. The highest BCUT2D eigenvalue weighted by Gasteiger charge is 2.26. The molecule has 0 aliphatic heterocycles. The summed E-state index contributed by atoms with van der Waals surface area (Å²) in [4.78, 5) is 15.0. The monoisotopic (exact) mass is 565 g/mol. The van der Waals surface area contributed by atoms with Crippen LogP contribution in [-0.2, 0) is 12.0 Å². The third kappa shape index (κ3) is 5.34. The number of amides is 1. The summed E-state index contributed by atoms with van der Waals surface area (Å²) in [7, 11) is 0. The lowest BCUT2D eigenvalue weighted by molar-refractivity contribution is 0.0995. The molecular weight excluding hydrogens is 545 g/mol. The second-order valence-electron chi connectivity index (χ2n) is 7.41. The van der Waals surface area contributed by atoms with Crippen LogP contribution in [0, 0.1) is 11.3 Å². The van der Waals surface area contributed by atoms with Gasteiger partial charge in [0.15, 0.2) is 18.1 Å². The number of oxazole rings is 1. The molecule has 0 aliphatic rings. The lowest BCUT2D eigenvalue weighted by atomic mass is 9.77. The van der Waals surface area contributed by atoms with Gasteiger partial charge in [-0.1, -0.05) is 60.2 Å². The van der Waals surface area contributed by atoms with Gasteiger partial charge in [0, 0.05) is 9.84 Å². The van der Waals surface area contributed by atoms with Crippen LogP contribution in [-0.4, -0.2) is 21.9 Å². The van der Waals surface area contributed by atoms with Gasteiger partial charge in [0.1, 0.15) is 18.1 Å². The van der Waals surface area contributed by atoms with Gasteiger partial charge in [0.05, 0.1) is 17.2 Å². The van der Waals surface area contributed by atoms with Gasteiger partial charge >= 0.3 is 0 Å². The van der Waals surface area contributed by atoms with E-state index in [2.05, 4.69) is 47.5 Å². The zero-order chi connectivity index (χ0) is 23.3. The summed E-state index contributed by atoms with van der Waals surface area (Å²) in [5.74, 6) is 0.629. The first kappa shape index (κ1) is 23.9. The van der Waals surface area contributed by atoms with Crippen molar-refractivity contribution in [1.29, 1.82) is 5.26 Å². The molecule has 3 aromatic rings. The van der Waals surface area contributed by atoms with E-state index in [0.717, 1.165) is 15.6 Å². The van der Waals surface area contributed by atoms with Gasteiger partial charge in [0.2, 0.25) is 5.89 Å². The van der Waals surface area contributed by atoms with E-state index in [1.54, 1.807) is 0 Å². The van der Waals surface area contributed by atoms with Crippen LogP contribution in [0.25, 0.3) is 0 Å². The molecule has 1 heterocycles. The number of hydrogen-bond acceptors (Lipinski definition) is 6. The van der Waals surface area contributed by atoms with Crippen LogP contribution in [0.3, 0.4) is 0 Å². The van der Waals surface area contributed by atoms with Crippen molar-refractivity contribution in [2.24, 2.45) is 5.73 Å². The molecule has 1 aromatic heterocycles. The van der Waals surface area contributed by atoms with E-state index in [0.29, 0.717) is 28.7 Å². The van der Waals surface area contributed by atoms with E-state index in [1.165, 1.54) is 6.26 Å². The summed E-state index contributed by atoms with van der Waals surface area (Å²) in [6.07, 6.45) is 1.20. The average Bonchev–Trinajstić information content (AvgIpc) is 3.26. The Kier molecular flexibility index (Phi) is 7.64. The number of carbonyl (C=O) groups excluding carboxylic acids is 1. The SMILES string of the molecule is CC(C)(c1ccc(OCc2nc(C(N)=O)co2)cc1)c1cc(Cl)c(OCCI)c(C#N)c1. The number of aromatic nitrogens is 1. The molecule has 2 N–H and O–H groups in total. The van der Waals surface area contributed by atoms with Crippen LogP contribution < -0.4 is 15.2 Å². The Bertz CT molecular complexity index is 1150. The first-order valence-electron chi connectivity index (χ1n) is 9.66. The van der Waals surface area contributed by atoms with Crippen molar-refractivity contribution in [3.8, 4) is 17.6 Å². The topological polar surface area (TPSA) is 111 Å². The molecule has 2 aromatic carbocycles. The minimum atomic E-state index is -0.657. The molecule has 0 saturated heterocycles. The van der Waals surface area contributed by atoms with Gasteiger partial charge in [-0.3, -0.25) is 4.79 Å². The Labute approximate surface area is 204 Å². The van der Waals surface area contributed by atoms with E-state index in [9.17, 15) is 10.1 Å². The molecule has 0 spiro atoms. The van der Waals surface area contributed by atoms with Crippen LogP contribution >= 0.6 is 34.2 Å². The van der Waals surface area contributed by atoms with Crippen LogP contribution in [0.1, 0.15) is 46.9 Å². The normalized spacial score (nSPS) is 11.1. The number of nitrogens with zero attached hydrogens (tertiary/aromatic N) is 2. The molecule has 0 unspecified atom stereocenters. The third-order valence-corrected chi connectivity index (χ3v) is 5.67. The van der Waals surface area contributed by atoms with Crippen molar-refractivity contribution < 1.29 is 18.7 Å². The third-order valence-electron chi connectivity index (χ3n) is 4.95. The molecular formula is C23H21ClIN3O4. The molecule has 7 nitrogen and oxygen atoms in total. The fourth-order valence-corrected chi connectivity index (χ4v) is 3.59. The molecule has 9 heteroatoms. The predicted octanol–water partition coefficient (Wildman–Crippen LogP) is 5.02. The van der Waals surface area contributed by atoms with E-state index in [-0.39, 0.29) is 18.2 Å². The van der Waals surface area contributed by atoms with Crippen LogP contribution in [0.2, 0.25) is 5.02 Å². The highest BCUT2D eigenvalue weighted by Crippen LogP contribution is 2.38. The van der Waals surface area contributed by atoms with Crippen LogP contribution in [0.5, 0.6) is 11.5 Å². The quantitative estimate of drug-likeness (QED) is 0.288. The Morgan fingerprint density at radius 1 is 1.25 bits per heavy atom. The highest BCUT2D eigenvalue weighted by molar-refractivity contribution is 14.1. The van der Waals surface area contributed by atoms with E-state index >= 15 is 0 Å². The van der Waals surface area contributed by atoms with Gasteiger partial charge in [-0.2, -0.15) is 5.26 Å². The van der Waals surface area contributed by atoms with Crippen molar-refractivity contribution in [2.45, 2.75) is 25.9 Å². The maximum Gasteiger partial charge on any atom is 0.270 e. The Morgan fingerprint density at radius 2 is 1.97 bits per heavy atom. The van der Waals surface area contributed by atoms with Crippen LogP contribution in [0.4, 0.5) is 0 Å². The number of nitrogens with two attached hydrogens (primary N) is 1. The van der Waals surface area contributed by atoms with E-state index in [1.807, 2.05) is 36.4 Å². The Hall–Kier alpha value is -2.77. The summed E-state index contributed by atoms with van der Waals surface area (Å²) in [5.41, 5.74) is 7.11. The average molecular weight is 566 g/mol. The highest BCUT2D eigenvalue weighted by atomic mass is 127. The van der Waals surface area contributed by atoms with Gasteiger partial charge < -0.3 is 19.6 Å². The van der Waals surface area contributed by atoms with Crippen molar-refractivity contribution >= 4 is 40.1 Å². The standard InChI is InChI=1S/C23H21ClIN3O4/c1-23(2,16-9-14(11-26)21(18(24)10-16)30-8-7-25)15-3-5-17(6-4-15)31-13-20-28-19(12-32-20)22(27)29/h3-6,9-10,12H,7-8,13H2,1-2H3,(H2,27,29). The lowest BCUT2D eigenvalue weighted by Gasteiger charge is -2.27. The van der Waals surface area contributed by atoms with Crippen LogP contribution in [0.15, 0.2) is 47.1 Å². The molecule has 0 saturated carbocycles. The number of rotatable bonds is 9. The van der Waals surface area contributed by atoms with Gasteiger partial charge in [0.25, 0.3) is 5.91 Å². The number of carbonyl (C=O) groups is 1. The molecule has 32 heavy (non-hydrogen) atoms. The Morgan fingerprint density at radius 3 is 2.56 bits per heavy atom. The van der Waals surface area contributed by atoms with Crippen molar-refractivity contribution in [3.63, 3.8) is 0 Å². The molecule has 0 aliphatic carbocycles. The number of primary amides is 1. The number of nitriles is 1. The number of ether oxygens (including phenoxy) is 2. The van der Waals surface area contributed by atoms with Gasteiger partial charge in [-0.05, 0) is 35.4 Å². The molecule has 1 amide bonds. The Balaban J connectivity index is 1.77. The maximum absolute atomic E-state index is 11.1.